The molecule has 0 saturated carbocycles. The summed E-state index contributed by atoms with van der Waals surface area (Å²) in [7, 11) is 0. The fraction of sp³-hybridized carbons (Fsp3) is 0.562. The van der Waals surface area contributed by atoms with Gasteiger partial charge in [0.1, 0.15) is 0 Å². The van der Waals surface area contributed by atoms with Gasteiger partial charge in [-0.1, -0.05) is 31.5 Å². The second kappa shape index (κ2) is 8.72. The van der Waals surface area contributed by atoms with Crippen LogP contribution >= 0.6 is 0 Å². The Kier molecular flexibility index (Phi) is 7.26. The number of nitrogens with one attached hydrogen (secondary N) is 1. The molecule has 4 heteroatoms. The van der Waals surface area contributed by atoms with Gasteiger partial charge in [-0.15, -0.1) is 0 Å². The van der Waals surface area contributed by atoms with Crippen molar-refractivity contribution in [3.05, 3.63) is 29.8 Å². The first kappa shape index (κ1) is 16.7. The van der Waals surface area contributed by atoms with E-state index in [2.05, 4.69) is 19.2 Å². The van der Waals surface area contributed by atoms with Gasteiger partial charge in [0.05, 0.1) is 13.2 Å². The smallest absolute Gasteiger partial charge is 0.238 e. The summed E-state index contributed by atoms with van der Waals surface area (Å²) in [6.45, 7) is 7.16. The van der Waals surface area contributed by atoms with E-state index < -0.39 is 0 Å². The van der Waals surface area contributed by atoms with Crippen LogP contribution in [0.5, 0.6) is 0 Å². The maximum atomic E-state index is 12.1. The van der Waals surface area contributed by atoms with Gasteiger partial charge in [-0.2, -0.15) is 0 Å². The molecule has 4 nitrogen and oxygen atoms in total. The van der Waals surface area contributed by atoms with Gasteiger partial charge in [0.15, 0.2) is 0 Å². The molecule has 0 heterocycles. The van der Waals surface area contributed by atoms with Crippen molar-refractivity contribution < 1.29 is 9.90 Å². The lowest BCUT2D eigenvalue weighted by Gasteiger charge is -2.29. The molecule has 0 radical (unpaired) electrons. The molecule has 0 aliphatic rings. The minimum Gasteiger partial charge on any atom is -0.395 e. The van der Waals surface area contributed by atoms with Gasteiger partial charge in [-0.05, 0) is 31.9 Å². The Bertz CT molecular complexity index is 399. The predicted molar refractivity (Wildman–Crippen MR) is 82.8 cm³/mol. The number of aliphatic hydroxyl groups is 1. The third-order valence-corrected chi connectivity index (χ3v) is 3.53. The van der Waals surface area contributed by atoms with Gasteiger partial charge < -0.3 is 10.4 Å². The molecule has 0 saturated heterocycles. The second-order valence-corrected chi connectivity index (χ2v) is 5.08. The Balaban J connectivity index is 2.59. The van der Waals surface area contributed by atoms with E-state index in [1.54, 1.807) is 0 Å². The van der Waals surface area contributed by atoms with Crippen LogP contribution in [0.3, 0.4) is 0 Å². The third-order valence-electron chi connectivity index (χ3n) is 3.53. The van der Waals surface area contributed by atoms with Crippen LogP contribution < -0.4 is 5.32 Å². The molecule has 0 bridgehead atoms. The van der Waals surface area contributed by atoms with Crippen LogP contribution in [0.2, 0.25) is 0 Å². The molecule has 112 valence electrons. The normalized spacial score (nSPS) is 11.1. The number of hydrogen-bond donors (Lipinski definition) is 2. The molecule has 0 fully saturated rings. The maximum absolute atomic E-state index is 12.1. The standard InChI is InChI=1S/C16H26N2O2/c1-4-15(5-2)18(10-11-19)12-16(20)17-14-8-6-13(3)7-9-14/h6-9,15,19H,4-5,10-12H2,1-3H3,(H,17,20). The van der Waals surface area contributed by atoms with Crippen LogP contribution in [0.4, 0.5) is 5.69 Å². The topological polar surface area (TPSA) is 52.6 Å². The van der Waals surface area contributed by atoms with Gasteiger partial charge in [-0.3, -0.25) is 9.69 Å². The molecule has 2 N–H and O–H groups in total. The molecular weight excluding hydrogens is 252 g/mol. The van der Waals surface area contributed by atoms with E-state index in [4.69, 9.17) is 5.11 Å². The molecule has 1 rings (SSSR count). The van der Waals surface area contributed by atoms with Crippen LogP contribution in [-0.2, 0) is 4.79 Å². The first-order chi connectivity index (χ1) is 9.60. The molecule has 0 aliphatic heterocycles. The van der Waals surface area contributed by atoms with Crippen molar-refractivity contribution in [2.24, 2.45) is 0 Å². The Labute approximate surface area is 121 Å². The highest BCUT2D eigenvalue weighted by molar-refractivity contribution is 5.92. The molecule has 20 heavy (non-hydrogen) atoms. The van der Waals surface area contributed by atoms with Gasteiger partial charge in [0.25, 0.3) is 0 Å². The fourth-order valence-corrected chi connectivity index (χ4v) is 2.35. The fourth-order valence-electron chi connectivity index (χ4n) is 2.35. The summed E-state index contributed by atoms with van der Waals surface area (Å²) in [5.41, 5.74) is 1.98. The lowest BCUT2D eigenvalue weighted by molar-refractivity contribution is -0.118. The zero-order chi connectivity index (χ0) is 15.0. The van der Waals surface area contributed by atoms with Crippen molar-refractivity contribution >= 4 is 11.6 Å². The Hall–Kier alpha value is -1.39. The van der Waals surface area contributed by atoms with Gasteiger partial charge in [0.2, 0.25) is 5.91 Å². The Morgan fingerprint density at radius 2 is 1.85 bits per heavy atom. The number of amides is 1. The Morgan fingerprint density at radius 1 is 1.25 bits per heavy atom. The van der Waals surface area contributed by atoms with Crippen molar-refractivity contribution in [2.45, 2.75) is 39.7 Å². The molecule has 0 aromatic heterocycles. The lowest BCUT2D eigenvalue weighted by atomic mass is 10.1. The van der Waals surface area contributed by atoms with Crippen molar-refractivity contribution in [3.63, 3.8) is 0 Å². The minimum absolute atomic E-state index is 0.0331. The SMILES string of the molecule is CCC(CC)N(CCO)CC(=O)Nc1ccc(C)cc1. The number of carbonyl (C=O) groups excluding carboxylic acids is 1. The van der Waals surface area contributed by atoms with E-state index >= 15 is 0 Å². The summed E-state index contributed by atoms with van der Waals surface area (Å²) < 4.78 is 0. The number of hydrogen-bond acceptors (Lipinski definition) is 3. The summed E-state index contributed by atoms with van der Waals surface area (Å²) in [6, 6.07) is 8.09. The van der Waals surface area contributed by atoms with E-state index in [9.17, 15) is 4.79 Å². The quantitative estimate of drug-likeness (QED) is 0.768. The Morgan fingerprint density at radius 3 is 2.35 bits per heavy atom. The molecule has 0 unspecified atom stereocenters. The van der Waals surface area contributed by atoms with E-state index in [1.165, 1.54) is 5.56 Å². The number of benzene rings is 1. The van der Waals surface area contributed by atoms with Crippen molar-refractivity contribution in [1.29, 1.82) is 0 Å². The summed E-state index contributed by atoms with van der Waals surface area (Å²) in [4.78, 5) is 14.1. The number of rotatable bonds is 8. The highest BCUT2D eigenvalue weighted by Gasteiger charge is 2.17. The first-order valence-electron chi connectivity index (χ1n) is 7.32. The minimum atomic E-state index is -0.0331. The maximum Gasteiger partial charge on any atom is 0.238 e. The molecular formula is C16H26N2O2. The summed E-state index contributed by atoms with van der Waals surface area (Å²) >= 11 is 0. The highest BCUT2D eigenvalue weighted by atomic mass is 16.3. The highest BCUT2D eigenvalue weighted by Crippen LogP contribution is 2.11. The average Bonchev–Trinajstić information content (AvgIpc) is 2.43. The molecule has 0 spiro atoms. The van der Waals surface area contributed by atoms with Crippen molar-refractivity contribution in [3.8, 4) is 0 Å². The van der Waals surface area contributed by atoms with Crippen LogP contribution in [-0.4, -0.2) is 41.7 Å². The van der Waals surface area contributed by atoms with Crippen LogP contribution in [0.25, 0.3) is 0 Å². The number of nitrogens with zero attached hydrogens (tertiary/aromatic N) is 1. The van der Waals surface area contributed by atoms with Crippen molar-refractivity contribution in [2.75, 3.05) is 25.0 Å². The zero-order valence-electron chi connectivity index (χ0n) is 12.7. The predicted octanol–water partition coefficient (Wildman–Crippen LogP) is 2.42. The van der Waals surface area contributed by atoms with Crippen LogP contribution in [0, 0.1) is 6.92 Å². The number of carbonyl (C=O) groups is 1. The van der Waals surface area contributed by atoms with E-state index in [1.807, 2.05) is 36.1 Å². The molecule has 0 aliphatic carbocycles. The van der Waals surface area contributed by atoms with Crippen LogP contribution in [0.1, 0.15) is 32.3 Å². The number of anilines is 1. The molecule has 0 atom stereocenters. The van der Waals surface area contributed by atoms with Gasteiger partial charge in [-0.25, -0.2) is 0 Å². The van der Waals surface area contributed by atoms with Crippen LogP contribution in [0.15, 0.2) is 24.3 Å². The first-order valence-corrected chi connectivity index (χ1v) is 7.32. The van der Waals surface area contributed by atoms with Gasteiger partial charge >= 0.3 is 0 Å². The zero-order valence-corrected chi connectivity index (χ0v) is 12.7. The summed E-state index contributed by atoms with van der Waals surface area (Å²) in [5.74, 6) is -0.0331. The molecule has 1 amide bonds. The monoisotopic (exact) mass is 278 g/mol. The second-order valence-electron chi connectivity index (χ2n) is 5.08. The third kappa shape index (κ3) is 5.31. The number of aryl methyl sites for hydroxylation is 1. The molecule has 1 aromatic carbocycles. The average molecular weight is 278 g/mol. The number of aliphatic hydroxyl groups excluding tert-OH is 1. The largest absolute Gasteiger partial charge is 0.395 e. The lowest BCUT2D eigenvalue weighted by Crippen LogP contribution is -2.42. The molecule has 1 aromatic rings. The van der Waals surface area contributed by atoms with E-state index in [0.29, 0.717) is 19.1 Å². The van der Waals surface area contributed by atoms with E-state index in [-0.39, 0.29) is 12.5 Å². The summed E-state index contributed by atoms with van der Waals surface area (Å²) in [5, 5.41) is 12.0. The van der Waals surface area contributed by atoms with Gasteiger partial charge in [0, 0.05) is 18.3 Å². The summed E-state index contributed by atoms with van der Waals surface area (Å²) in [6.07, 6.45) is 1.96. The van der Waals surface area contributed by atoms with Crippen molar-refractivity contribution in [1.82, 2.24) is 4.90 Å². The van der Waals surface area contributed by atoms with E-state index in [0.717, 1.165) is 18.5 Å².